The van der Waals surface area contributed by atoms with Crippen molar-refractivity contribution >= 4 is 5.91 Å². The summed E-state index contributed by atoms with van der Waals surface area (Å²) >= 11 is 0. The summed E-state index contributed by atoms with van der Waals surface area (Å²) in [4.78, 5) is 10.5. The zero-order valence-corrected chi connectivity index (χ0v) is 9.34. The van der Waals surface area contributed by atoms with Crippen LogP contribution in [0.25, 0.3) is 0 Å². The molecule has 0 radical (unpaired) electrons. The van der Waals surface area contributed by atoms with Crippen molar-refractivity contribution in [2.75, 3.05) is 13.1 Å². The molecule has 0 atom stereocenters. The van der Waals surface area contributed by atoms with Crippen LogP contribution in [-0.2, 0) is 11.2 Å². The lowest BCUT2D eigenvalue weighted by molar-refractivity contribution is -0.117. The third kappa shape index (κ3) is 4.13. The molecule has 0 unspecified atom stereocenters. The van der Waals surface area contributed by atoms with Crippen LogP contribution < -0.4 is 11.1 Å². The molecule has 0 aromatic heterocycles. The number of rotatable bonds is 5. The highest BCUT2D eigenvalue weighted by molar-refractivity contribution is 5.75. The molecule has 0 saturated carbocycles. The largest absolute Gasteiger partial charge is 0.369 e. The highest BCUT2D eigenvalue weighted by atomic mass is 16.1. The molecular formula is C12H18N2O. The Balaban J connectivity index is 2.38. The van der Waals surface area contributed by atoms with Gasteiger partial charge in [-0.05, 0) is 43.5 Å². The summed E-state index contributed by atoms with van der Waals surface area (Å²) in [6.45, 7) is 5.25. The maximum absolute atomic E-state index is 10.5. The van der Waals surface area contributed by atoms with E-state index in [4.69, 9.17) is 5.73 Å². The predicted molar refractivity (Wildman–Crippen MR) is 61.7 cm³/mol. The van der Waals surface area contributed by atoms with Gasteiger partial charge in [-0.1, -0.05) is 18.2 Å². The summed E-state index contributed by atoms with van der Waals surface area (Å²) in [6, 6.07) is 6.42. The second kappa shape index (κ2) is 5.51. The summed E-state index contributed by atoms with van der Waals surface area (Å²) in [7, 11) is 0. The van der Waals surface area contributed by atoms with E-state index in [1.54, 1.807) is 0 Å². The number of carbonyl (C=O) groups is 1. The van der Waals surface area contributed by atoms with Gasteiger partial charge in [-0.15, -0.1) is 0 Å². The molecular weight excluding hydrogens is 188 g/mol. The number of benzene rings is 1. The lowest BCUT2D eigenvalue weighted by Crippen LogP contribution is -2.29. The van der Waals surface area contributed by atoms with Crippen molar-refractivity contribution in [2.24, 2.45) is 5.73 Å². The van der Waals surface area contributed by atoms with Crippen molar-refractivity contribution in [2.45, 2.75) is 20.3 Å². The molecule has 0 aliphatic carbocycles. The monoisotopic (exact) mass is 206 g/mol. The minimum Gasteiger partial charge on any atom is -0.369 e. The number of nitrogens with two attached hydrogens (primary N) is 1. The van der Waals surface area contributed by atoms with E-state index >= 15 is 0 Å². The van der Waals surface area contributed by atoms with Crippen LogP contribution in [0, 0.1) is 13.8 Å². The Morgan fingerprint density at radius 1 is 1.33 bits per heavy atom. The van der Waals surface area contributed by atoms with Gasteiger partial charge in [-0.3, -0.25) is 4.79 Å². The number of amides is 1. The molecule has 3 N–H and O–H groups in total. The second-order valence-electron chi connectivity index (χ2n) is 3.81. The Bertz CT molecular complexity index is 347. The zero-order valence-electron chi connectivity index (χ0n) is 9.34. The molecule has 3 nitrogen and oxygen atoms in total. The summed E-state index contributed by atoms with van der Waals surface area (Å²) in [5.41, 5.74) is 8.92. The number of primary amides is 1. The molecule has 0 spiro atoms. The molecule has 0 bridgehead atoms. The first-order chi connectivity index (χ1) is 7.09. The Morgan fingerprint density at radius 2 is 2.07 bits per heavy atom. The Hall–Kier alpha value is -1.35. The third-order valence-electron chi connectivity index (χ3n) is 2.46. The van der Waals surface area contributed by atoms with Gasteiger partial charge in [0.15, 0.2) is 0 Å². The van der Waals surface area contributed by atoms with Gasteiger partial charge in [0.1, 0.15) is 0 Å². The van der Waals surface area contributed by atoms with Gasteiger partial charge >= 0.3 is 0 Å². The van der Waals surface area contributed by atoms with Gasteiger partial charge in [0.05, 0.1) is 6.54 Å². The van der Waals surface area contributed by atoms with Crippen LogP contribution in [0.2, 0.25) is 0 Å². The minimum atomic E-state index is -0.310. The van der Waals surface area contributed by atoms with E-state index in [0.717, 1.165) is 13.0 Å². The average molecular weight is 206 g/mol. The molecule has 1 aromatic carbocycles. The topological polar surface area (TPSA) is 55.1 Å². The van der Waals surface area contributed by atoms with Crippen LogP contribution in [0.5, 0.6) is 0 Å². The normalized spacial score (nSPS) is 10.3. The number of nitrogens with one attached hydrogen (secondary N) is 1. The van der Waals surface area contributed by atoms with Crippen molar-refractivity contribution in [1.29, 1.82) is 0 Å². The van der Waals surface area contributed by atoms with Crippen molar-refractivity contribution in [3.8, 4) is 0 Å². The lowest BCUT2D eigenvalue weighted by Gasteiger charge is -2.05. The van der Waals surface area contributed by atoms with Crippen LogP contribution >= 0.6 is 0 Å². The molecule has 0 aliphatic heterocycles. The molecule has 1 aromatic rings. The molecule has 1 rings (SSSR count). The van der Waals surface area contributed by atoms with Gasteiger partial charge in [0.2, 0.25) is 5.91 Å². The van der Waals surface area contributed by atoms with Crippen LogP contribution in [0.15, 0.2) is 18.2 Å². The third-order valence-corrected chi connectivity index (χ3v) is 2.46. The van der Waals surface area contributed by atoms with E-state index in [2.05, 4.69) is 37.4 Å². The average Bonchev–Trinajstić information content (AvgIpc) is 2.18. The van der Waals surface area contributed by atoms with Crippen LogP contribution in [-0.4, -0.2) is 19.0 Å². The highest BCUT2D eigenvalue weighted by Crippen LogP contribution is 2.09. The predicted octanol–water partition coefficient (Wildman–Crippen LogP) is 0.921. The Kier molecular flexibility index (Phi) is 4.31. The molecule has 15 heavy (non-hydrogen) atoms. The first-order valence-electron chi connectivity index (χ1n) is 5.15. The molecule has 0 heterocycles. The summed E-state index contributed by atoms with van der Waals surface area (Å²) in [6.07, 6.45) is 0.925. The highest BCUT2D eigenvalue weighted by Gasteiger charge is 1.97. The maximum Gasteiger partial charge on any atom is 0.231 e. The van der Waals surface area contributed by atoms with Crippen molar-refractivity contribution in [3.05, 3.63) is 34.9 Å². The Morgan fingerprint density at radius 3 is 2.67 bits per heavy atom. The number of hydrogen-bond acceptors (Lipinski definition) is 2. The van der Waals surface area contributed by atoms with E-state index in [-0.39, 0.29) is 12.5 Å². The number of aryl methyl sites for hydroxylation is 2. The fourth-order valence-electron chi connectivity index (χ4n) is 1.40. The maximum atomic E-state index is 10.5. The van der Waals surface area contributed by atoms with E-state index in [0.29, 0.717) is 0 Å². The molecule has 0 aliphatic rings. The number of hydrogen-bond donors (Lipinski definition) is 2. The second-order valence-corrected chi connectivity index (χ2v) is 3.81. The summed E-state index contributed by atoms with van der Waals surface area (Å²) in [5.74, 6) is -0.310. The van der Waals surface area contributed by atoms with Gasteiger partial charge in [0.25, 0.3) is 0 Å². The zero-order chi connectivity index (χ0) is 11.3. The molecule has 3 heteroatoms. The van der Waals surface area contributed by atoms with Crippen LogP contribution in [0.4, 0.5) is 0 Å². The van der Waals surface area contributed by atoms with E-state index in [9.17, 15) is 4.79 Å². The molecule has 82 valence electrons. The van der Waals surface area contributed by atoms with Crippen molar-refractivity contribution in [1.82, 2.24) is 5.32 Å². The quantitative estimate of drug-likeness (QED) is 0.704. The minimum absolute atomic E-state index is 0.255. The van der Waals surface area contributed by atoms with Crippen molar-refractivity contribution in [3.63, 3.8) is 0 Å². The van der Waals surface area contributed by atoms with Crippen molar-refractivity contribution < 1.29 is 4.79 Å². The smallest absolute Gasteiger partial charge is 0.231 e. The fraction of sp³-hybridized carbons (Fsp3) is 0.417. The first kappa shape index (κ1) is 11.7. The van der Waals surface area contributed by atoms with Gasteiger partial charge < -0.3 is 11.1 Å². The summed E-state index contributed by atoms with van der Waals surface area (Å²) in [5, 5.41) is 2.99. The van der Waals surface area contributed by atoms with Gasteiger partial charge in [-0.25, -0.2) is 0 Å². The van der Waals surface area contributed by atoms with E-state index < -0.39 is 0 Å². The van der Waals surface area contributed by atoms with Gasteiger partial charge in [-0.2, -0.15) is 0 Å². The van der Waals surface area contributed by atoms with E-state index in [1.807, 2.05) is 0 Å². The van der Waals surface area contributed by atoms with Crippen LogP contribution in [0.1, 0.15) is 16.7 Å². The molecule has 0 fully saturated rings. The standard InChI is InChI=1S/C12H18N2O/c1-9-3-4-11(7-10(9)2)5-6-14-8-12(13)15/h3-4,7,14H,5-6,8H2,1-2H3,(H2,13,15). The van der Waals surface area contributed by atoms with E-state index in [1.165, 1.54) is 16.7 Å². The lowest BCUT2D eigenvalue weighted by atomic mass is 10.0. The number of carbonyl (C=O) groups excluding carboxylic acids is 1. The molecule has 1 amide bonds. The Labute approximate surface area is 90.7 Å². The van der Waals surface area contributed by atoms with Crippen LogP contribution in [0.3, 0.4) is 0 Å². The SMILES string of the molecule is Cc1ccc(CCNCC(N)=O)cc1C. The molecule has 0 saturated heterocycles. The first-order valence-corrected chi connectivity index (χ1v) is 5.15. The van der Waals surface area contributed by atoms with Gasteiger partial charge in [0, 0.05) is 0 Å². The fourth-order valence-corrected chi connectivity index (χ4v) is 1.40. The summed E-state index contributed by atoms with van der Waals surface area (Å²) < 4.78 is 0.